The Morgan fingerprint density at radius 3 is 2.40 bits per heavy atom. The molecule has 0 radical (unpaired) electrons. The highest BCUT2D eigenvalue weighted by Crippen LogP contribution is 2.27. The van der Waals surface area contributed by atoms with Crippen LogP contribution in [0.25, 0.3) is 0 Å². The lowest BCUT2D eigenvalue weighted by atomic mass is 9.98. The topological polar surface area (TPSA) is 47.6 Å². The minimum Gasteiger partial charge on any atom is -0.356 e. The first kappa shape index (κ1) is 15.8. The van der Waals surface area contributed by atoms with Crippen LogP contribution in [0.5, 0.6) is 0 Å². The van der Waals surface area contributed by atoms with Gasteiger partial charge in [0.1, 0.15) is 0 Å². The molecule has 0 aromatic carbocycles. The zero-order valence-electron chi connectivity index (χ0n) is 13.0. The van der Waals surface area contributed by atoms with Gasteiger partial charge in [-0.1, -0.05) is 32.6 Å². The molecule has 4 nitrogen and oxygen atoms in total. The summed E-state index contributed by atoms with van der Waals surface area (Å²) in [6, 6.07) is 0. The molecule has 1 aliphatic heterocycles. The van der Waals surface area contributed by atoms with Crippen molar-refractivity contribution in [3.63, 3.8) is 0 Å². The second-order valence-corrected chi connectivity index (χ2v) is 6.57. The van der Waals surface area contributed by atoms with Gasteiger partial charge >= 0.3 is 0 Å². The maximum atomic E-state index is 12.2. The molecule has 1 aliphatic carbocycles. The Labute approximate surface area is 122 Å². The van der Waals surface area contributed by atoms with Crippen molar-refractivity contribution >= 4 is 5.91 Å². The summed E-state index contributed by atoms with van der Waals surface area (Å²) in [4.78, 5) is 12.2. The fourth-order valence-corrected chi connectivity index (χ4v) is 3.34. The molecule has 2 rings (SSSR count). The second-order valence-electron chi connectivity index (χ2n) is 6.57. The fourth-order valence-electron chi connectivity index (χ4n) is 3.34. The molecule has 0 bridgehead atoms. The van der Waals surface area contributed by atoms with Gasteiger partial charge in [-0.25, -0.2) is 0 Å². The van der Waals surface area contributed by atoms with Crippen LogP contribution in [0.15, 0.2) is 0 Å². The van der Waals surface area contributed by atoms with E-state index in [0.29, 0.717) is 19.1 Å². The van der Waals surface area contributed by atoms with Crippen LogP contribution in [-0.2, 0) is 14.3 Å². The van der Waals surface area contributed by atoms with Crippen molar-refractivity contribution in [1.82, 2.24) is 5.32 Å². The van der Waals surface area contributed by atoms with Crippen LogP contribution in [0, 0.1) is 11.8 Å². The molecule has 20 heavy (non-hydrogen) atoms. The van der Waals surface area contributed by atoms with Gasteiger partial charge < -0.3 is 14.8 Å². The molecule has 2 aliphatic rings. The Kier molecular flexibility index (Phi) is 5.85. The number of nitrogens with one attached hydrogen (secondary N) is 1. The molecule has 1 saturated carbocycles. The van der Waals surface area contributed by atoms with E-state index in [0.717, 1.165) is 25.8 Å². The number of carbonyl (C=O) groups is 1. The first-order chi connectivity index (χ1) is 9.59. The lowest BCUT2D eigenvalue weighted by molar-refractivity contribution is -0.154. The highest BCUT2D eigenvalue weighted by Gasteiger charge is 2.32. The van der Waals surface area contributed by atoms with Crippen molar-refractivity contribution in [2.75, 3.05) is 19.8 Å². The molecule has 0 unspecified atom stereocenters. The number of carbonyl (C=O) groups excluding carboxylic acids is 1. The van der Waals surface area contributed by atoms with Gasteiger partial charge in [0.05, 0.1) is 13.2 Å². The summed E-state index contributed by atoms with van der Waals surface area (Å²) in [6.45, 7) is 6.21. The van der Waals surface area contributed by atoms with Gasteiger partial charge in [0.2, 0.25) is 5.91 Å². The van der Waals surface area contributed by atoms with Gasteiger partial charge in [-0.05, 0) is 25.7 Å². The van der Waals surface area contributed by atoms with Gasteiger partial charge in [-0.2, -0.15) is 0 Å². The summed E-state index contributed by atoms with van der Waals surface area (Å²) in [5, 5.41) is 3.12. The van der Waals surface area contributed by atoms with E-state index in [1.54, 1.807) is 0 Å². The van der Waals surface area contributed by atoms with Crippen LogP contribution >= 0.6 is 0 Å². The van der Waals surface area contributed by atoms with Gasteiger partial charge in [0.15, 0.2) is 5.79 Å². The summed E-state index contributed by atoms with van der Waals surface area (Å²) in [5.41, 5.74) is 0. The van der Waals surface area contributed by atoms with E-state index in [-0.39, 0.29) is 11.8 Å². The van der Waals surface area contributed by atoms with Crippen LogP contribution in [-0.4, -0.2) is 31.5 Å². The van der Waals surface area contributed by atoms with Gasteiger partial charge in [0.25, 0.3) is 0 Å². The molecule has 0 aromatic rings. The van der Waals surface area contributed by atoms with E-state index in [9.17, 15) is 4.79 Å². The van der Waals surface area contributed by atoms with E-state index < -0.39 is 5.79 Å². The lowest BCUT2D eigenvalue weighted by Crippen LogP contribution is -2.37. The number of ether oxygens (including phenoxy) is 2. The van der Waals surface area contributed by atoms with E-state index in [1.807, 2.05) is 6.92 Å². The molecule has 1 atom stereocenters. The van der Waals surface area contributed by atoms with Crippen molar-refractivity contribution in [3.8, 4) is 0 Å². The van der Waals surface area contributed by atoms with Crippen LogP contribution in [0.3, 0.4) is 0 Å². The van der Waals surface area contributed by atoms with Gasteiger partial charge in [-0.15, -0.1) is 0 Å². The first-order valence-corrected chi connectivity index (χ1v) is 8.15. The molecule has 1 N–H and O–H groups in total. The Bertz CT molecular complexity index is 305. The third-order valence-electron chi connectivity index (χ3n) is 4.47. The summed E-state index contributed by atoms with van der Waals surface area (Å²) in [6.07, 6.45) is 7.92. The van der Waals surface area contributed by atoms with Crippen molar-refractivity contribution in [1.29, 1.82) is 0 Å². The van der Waals surface area contributed by atoms with Crippen molar-refractivity contribution < 1.29 is 14.3 Å². The van der Waals surface area contributed by atoms with Crippen molar-refractivity contribution in [2.45, 2.75) is 64.6 Å². The average Bonchev–Trinajstić information content (AvgIpc) is 2.68. The molecule has 0 spiro atoms. The Hall–Kier alpha value is -0.610. The predicted molar refractivity (Wildman–Crippen MR) is 78.3 cm³/mol. The minimum atomic E-state index is -0.452. The zero-order valence-corrected chi connectivity index (χ0v) is 13.0. The molecule has 1 saturated heterocycles. The molecule has 4 heteroatoms. The summed E-state index contributed by atoms with van der Waals surface area (Å²) in [7, 11) is 0. The third kappa shape index (κ3) is 4.74. The molecular weight excluding hydrogens is 254 g/mol. The van der Waals surface area contributed by atoms with Crippen LogP contribution in [0.1, 0.15) is 58.8 Å². The Morgan fingerprint density at radius 1 is 1.20 bits per heavy atom. The number of rotatable bonds is 5. The van der Waals surface area contributed by atoms with Gasteiger partial charge in [0, 0.05) is 18.9 Å². The summed E-state index contributed by atoms with van der Waals surface area (Å²) in [5.74, 6) is 0.399. The molecule has 1 heterocycles. The largest absolute Gasteiger partial charge is 0.356 e. The predicted octanol–water partition coefficient (Wildman–Crippen LogP) is 2.86. The quantitative estimate of drug-likeness (QED) is 0.789. The molecule has 0 aromatic heterocycles. The second kappa shape index (κ2) is 7.41. The zero-order chi connectivity index (χ0) is 14.4. The van der Waals surface area contributed by atoms with Crippen LogP contribution < -0.4 is 5.32 Å². The maximum absolute atomic E-state index is 12.2. The Balaban J connectivity index is 1.69. The lowest BCUT2D eigenvalue weighted by Gasteiger charge is -2.26. The Morgan fingerprint density at radius 2 is 1.80 bits per heavy atom. The van der Waals surface area contributed by atoms with Crippen molar-refractivity contribution in [3.05, 3.63) is 0 Å². The highest BCUT2D eigenvalue weighted by molar-refractivity contribution is 5.78. The molecule has 1 amide bonds. The van der Waals surface area contributed by atoms with Crippen LogP contribution in [0.4, 0.5) is 0 Å². The SMILES string of the molecule is C[C@H](CNC(=O)C1CCCCCC1)CC1(C)OCCO1. The minimum absolute atomic E-state index is 0.235. The first-order valence-electron chi connectivity index (χ1n) is 8.15. The fraction of sp³-hybridized carbons (Fsp3) is 0.938. The molecule has 116 valence electrons. The number of hydrogen-bond donors (Lipinski definition) is 1. The maximum Gasteiger partial charge on any atom is 0.223 e. The van der Waals surface area contributed by atoms with Crippen LogP contribution in [0.2, 0.25) is 0 Å². The van der Waals surface area contributed by atoms with Gasteiger partial charge in [-0.3, -0.25) is 4.79 Å². The number of amides is 1. The van der Waals surface area contributed by atoms with E-state index in [1.165, 1.54) is 25.7 Å². The standard InChI is InChI=1S/C16H29NO3/c1-13(11-16(2)19-9-10-20-16)12-17-15(18)14-7-5-3-4-6-8-14/h13-14H,3-12H2,1-2H3,(H,17,18)/t13-/m0/s1. The molecule has 2 fully saturated rings. The highest BCUT2D eigenvalue weighted by atomic mass is 16.7. The smallest absolute Gasteiger partial charge is 0.223 e. The summed E-state index contributed by atoms with van der Waals surface area (Å²) < 4.78 is 11.2. The van der Waals surface area contributed by atoms with E-state index >= 15 is 0 Å². The third-order valence-corrected chi connectivity index (χ3v) is 4.47. The summed E-state index contributed by atoms with van der Waals surface area (Å²) >= 11 is 0. The molecular formula is C16H29NO3. The average molecular weight is 283 g/mol. The normalized spacial score (nSPS) is 25.1. The number of hydrogen-bond acceptors (Lipinski definition) is 3. The van der Waals surface area contributed by atoms with E-state index in [4.69, 9.17) is 9.47 Å². The van der Waals surface area contributed by atoms with E-state index in [2.05, 4.69) is 12.2 Å². The monoisotopic (exact) mass is 283 g/mol. The van der Waals surface area contributed by atoms with Crippen molar-refractivity contribution in [2.24, 2.45) is 11.8 Å².